The van der Waals surface area contributed by atoms with E-state index in [9.17, 15) is 10.1 Å². The van der Waals surface area contributed by atoms with Gasteiger partial charge in [-0.15, -0.1) is 5.69 Å². The maximum Gasteiger partial charge on any atom is 0.299 e. The van der Waals surface area contributed by atoms with E-state index in [4.69, 9.17) is 10.5 Å². The van der Waals surface area contributed by atoms with Crippen LogP contribution in [0, 0.1) is 10.1 Å². The van der Waals surface area contributed by atoms with Crippen LogP contribution in [0.3, 0.4) is 0 Å². The van der Waals surface area contributed by atoms with Gasteiger partial charge in [-0.2, -0.15) is 0 Å². The lowest BCUT2D eigenvalue weighted by Gasteiger charge is -2.21. The zero-order valence-electron chi connectivity index (χ0n) is 17.5. The Bertz CT molecular complexity index is 1380. The van der Waals surface area contributed by atoms with Crippen molar-refractivity contribution in [2.45, 2.75) is 0 Å². The highest BCUT2D eigenvalue weighted by atomic mass is 16.6. The molecular weight excluding hydrogens is 414 g/mol. The van der Waals surface area contributed by atoms with Crippen LogP contribution in [0.25, 0.3) is 33.9 Å². The lowest BCUT2D eigenvalue weighted by Crippen LogP contribution is -2.32. The fraction of sp³-hybridized carbons (Fsp3) is 0. The van der Waals surface area contributed by atoms with E-state index in [1.807, 2.05) is 95.7 Å². The first kappa shape index (κ1) is 20.1. The Balaban J connectivity index is 1.74. The minimum Gasteiger partial charge on any atom is -0.523 e. The van der Waals surface area contributed by atoms with Crippen LogP contribution in [0.2, 0.25) is 0 Å². The second-order valence-electron chi connectivity index (χ2n) is 7.31. The van der Waals surface area contributed by atoms with Gasteiger partial charge in [0, 0.05) is 12.1 Å². The Morgan fingerprint density at radius 2 is 1.27 bits per heavy atom. The summed E-state index contributed by atoms with van der Waals surface area (Å²) in [5.74, 6) is 1.41. The monoisotopic (exact) mass is 433 g/mol. The van der Waals surface area contributed by atoms with Crippen molar-refractivity contribution < 1.29 is 9.60 Å². The maximum absolute atomic E-state index is 11.1. The summed E-state index contributed by atoms with van der Waals surface area (Å²) in [5, 5.41) is 16.0. The number of hydrogen-bond donors (Lipinski definition) is 0. The topological polar surface area (TPSA) is 78.9 Å². The van der Waals surface area contributed by atoms with Gasteiger partial charge in [-0.05, 0) is 36.4 Å². The molecule has 7 heteroatoms. The Morgan fingerprint density at radius 3 is 1.85 bits per heavy atom. The lowest BCUT2D eigenvalue weighted by atomic mass is 10.2. The van der Waals surface area contributed by atoms with Crippen LogP contribution < -0.4 is 4.68 Å². The molecule has 0 atom stereocenters. The van der Waals surface area contributed by atoms with Crippen LogP contribution >= 0.6 is 0 Å². The first-order valence-corrected chi connectivity index (χ1v) is 10.4. The predicted molar refractivity (Wildman–Crippen MR) is 126 cm³/mol. The van der Waals surface area contributed by atoms with Gasteiger partial charge in [-0.1, -0.05) is 71.4 Å². The zero-order valence-corrected chi connectivity index (χ0v) is 17.5. The average Bonchev–Trinajstić information content (AvgIpc) is 3.25. The third-order valence-electron chi connectivity index (χ3n) is 5.14. The van der Waals surface area contributed by atoms with E-state index >= 15 is 0 Å². The molecule has 5 rings (SSSR count). The minimum absolute atomic E-state index is 0.0190. The molecule has 0 aliphatic rings. The number of rotatable bonds is 6. The van der Waals surface area contributed by atoms with Crippen LogP contribution in [0.1, 0.15) is 0 Å². The van der Waals surface area contributed by atoms with Crippen molar-refractivity contribution >= 4 is 11.4 Å². The molecule has 0 amide bonds. The molecule has 0 N–H and O–H groups in total. The molecule has 0 saturated heterocycles. The minimum atomic E-state index is -0.421. The highest BCUT2D eigenvalue weighted by Gasteiger charge is 2.26. The van der Waals surface area contributed by atoms with Crippen LogP contribution in [0.5, 0.6) is 0 Å². The molecule has 0 aliphatic carbocycles. The molecule has 0 bridgehead atoms. The lowest BCUT2D eigenvalue weighted by molar-refractivity contribution is -0.596. The van der Waals surface area contributed by atoms with Gasteiger partial charge in [0.1, 0.15) is 5.69 Å². The zero-order chi connectivity index (χ0) is 22.6. The highest BCUT2D eigenvalue weighted by molar-refractivity contribution is 5.61. The van der Waals surface area contributed by atoms with Gasteiger partial charge < -0.3 is 5.43 Å². The summed E-state index contributed by atoms with van der Waals surface area (Å²) in [5.41, 5.74) is 8.17. The van der Waals surface area contributed by atoms with Gasteiger partial charge in [-0.3, -0.25) is 14.8 Å². The van der Waals surface area contributed by atoms with E-state index in [2.05, 4.69) is 0 Å². The maximum atomic E-state index is 11.1. The Hall–Kier alpha value is -4.78. The number of hydrogen-bond acceptors (Lipinski definition) is 3. The van der Waals surface area contributed by atoms with Gasteiger partial charge >= 0.3 is 0 Å². The van der Waals surface area contributed by atoms with Crippen molar-refractivity contribution in [1.29, 1.82) is 0 Å². The van der Waals surface area contributed by atoms with E-state index in [-0.39, 0.29) is 5.69 Å². The highest BCUT2D eigenvalue weighted by Crippen LogP contribution is 2.28. The molecular formula is C26H19N5O2. The van der Waals surface area contributed by atoms with Crippen LogP contribution in [-0.2, 0) is 0 Å². The summed E-state index contributed by atoms with van der Waals surface area (Å²) >= 11 is 0. The van der Waals surface area contributed by atoms with Gasteiger partial charge in [0.15, 0.2) is 0 Å². The van der Waals surface area contributed by atoms with Gasteiger partial charge in [0.05, 0.1) is 21.1 Å². The molecule has 0 aliphatic heterocycles. The van der Waals surface area contributed by atoms with E-state index in [1.165, 1.54) is 12.1 Å². The first-order valence-electron chi connectivity index (χ1n) is 10.4. The Labute approximate surface area is 190 Å². The van der Waals surface area contributed by atoms with E-state index < -0.39 is 4.92 Å². The third kappa shape index (κ3) is 4.07. The second-order valence-corrected chi connectivity index (χ2v) is 7.31. The molecule has 0 saturated carbocycles. The second kappa shape index (κ2) is 8.76. The van der Waals surface area contributed by atoms with E-state index in [1.54, 1.807) is 16.8 Å². The number of nitrogens with zero attached hydrogens (tertiary/aromatic N) is 5. The Kier molecular flexibility index (Phi) is 5.35. The van der Waals surface area contributed by atoms with Crippen molar-refractivity contribution in [3.05, 3.63) is 131 Å². The molecule has 0 radical (unpaired) electrons. The summed E-state index contributed by atoms with van der Waals surface area (Å²) in [6.07, 6.45) is 0. The average molecular weight is 433 g/mol. The fourth-order valence-electron chi connectivity index (χ4n) is 3.57. The number of benzene rings is 4. The van der Waals surface area contributed by atoms with E-state index in [0.717, 1.165) is 22.6 Å². The SMILES string of the molecule is O=[N+]([O-])c1ccc([N-][n+]2c(-c3ccccc3)nn(-c3ccccc3)c2-c2ccccc2)cc1. The molecule has 33 heavy (non-hydrogen) atoms. The summed E-state index contributed by atoms with van der Waals surface area (Å²) in [7, 11) is 0. The molecule has 160 valence electrons. The van der Waals surface area contributed by atoms with Crippen molar-refractivity contribution in [3.8, 4) is 28.5 Å². The molecule has 0 unspecified atom stereocenters. The van der Waals surface area contributed by atoms with Crippen molar-refractivity contribution in [2.75, 3.05) is 0 Å². The summed E-state index contributed by atoms with van der Waals surface area (Å²) < 4.78 is 3.66. The van der Waals surface area contributed by atoms with Crippen molar-refractivity contribution in [2.24, 2.45) is 0 Å². The summed E-state index contributed by atoms with van der Waals surface area (Å²) in [6, 6.07) is 35.8. The van der Waals surface area contributed by atoms with Crippen molar-refractivity contribution in [3.63, 3.8) is 0 Å². The standard InChI is InChI=1S/C26H19N5O2/c32-31(33)24-18-16-22(17-19-24)27-30-25(20-10-4-1-5-11-20)28-29(23-14-8-3-9-15-23)26(30)21-12-6-2-7-13-21/h1-19H. The molecule has 4 aromatic carbocycles. The Morgan fingerprint density at radius 1 is 0.727 bits per heavy atom. The molecule has 0 spiro atoms. The first-order chi connectivity index (χ1) is 16.2. The number of aromatic nitrogens is 3. The van der Waals surface area contributed by atoms with Gasteiger partial charge in [0.2, 0.25) is 0 Å². The van der Waals surface area contributed by atoms with Gasteiger partial charge in [-0.25, -0.2) is 0 Å². The fourth-order valence-corrected chi connectivity index (χ4v) is 3.57. The molecule has 5 aromatic rings. The van der Waals surface area contributed by atoms with Crippen LogP contribution in [0.15, 0.2) is 115 Å². The van der Waals surface area contributed by atoms with E-state index in [0.29, 0.717) is 11.5 Å². The molecule has 0 fully saturated rings. The largest absolute Gasteiger partial charge is 0.523 e. The predicted octanol–water partition coefficient (Wildman–Crippen LogP) is 5.87. The summed E-state index contributed by atoms with van der Waals surface area (Å²) in [6.45, 7) is 0. The smallest absolute Gasteiger partial charge is 0.299 e. The summed E-state index contributed by atoms with van der Waals surface area (Å²) in [4.78, 5) is 10.6. The van der Waals surface area contributed by atoms with Crippen molar-refractivity contribution in [1.82, 2.24) is 9.78 Å². The third-order valence-corrected chi connectivity index (χ3v) is 5.14. The van der Waals surface area contributed by atoms with Crippen LogP contribution in [0.4, 0.5) is 11.4 Å². The molecule has 1 heterocycles. The number of nitro benzene ring substituents is 1. The normalized spacial score (nSPS) is 10.7. The van der Waals surface area contributed by atoms with Crippen LogP contribution in [-0.4, -0.2) is 14.7 Å². The molecule has 1 aromatic heterocycles. The number of non-ortho nitro benzene ring substituents is 1. The number of nitro groups is 1. The quantitative estimate of drug-likeness (QED) is 0.191. The molecule has 7 nitrogen and oxygen atoms in total. The van der Waals surface area contributed by atoms with Gasteiger partial charge in [0.25, 0.3) is 17.3 Å². The number of para-hydroxylation sites is 1.